The van der Waals surface area contributed by atoms with Gasteiger partial charge in [0, 0.05) is 17.9 Å². The second kappa shape index (κ2) is 8.50. The summed E-state index contributed by atoms with van der Waals surface area (Å²) < 4.78 is 28.4. The van der Waals surface area contributed by atoms with Crippen LogP contribution in [0.25, 0.3) is 11.0 Å². The Balaban J connectivity index is 1.84. The molecule has 1 aliphatic carbocycles. The smallest absolute Gasteiger partial charge is 0.240 e. The van der Waals surface area contributed by atoms with E-state index in [0.29, 0.717) is 16.9 Å². The van der Waals surface area contributed by atoms with Crippen molar-refractivity contribution in [2.24, 2.45) is 0 Å². The van der Waals surface area contributed by atoms with Gasteiger partial charge in [-0.3, -0.25) is 9.59 Å². The Kier molecular flexibility index (Phi) is 5.90. The number of aryl methyl sites for hydroxylation is 3. The predicted octanol–water partition coefficient (Wildman–Crippen LogP) is 3.21. The van der Waals surface area contributed by atoms with Gasteiger partial charge in [0.25, 0.3) is 0 Å². The fourth-order valence-corrected chi connectivity index (χ4v) is 5.95. The lowest BCUT2D eigenvalue weighted by Gasteiger charge is -2.16. The fraction of sp³-hybridized carbons (Fsp3) is 0.375. The van der Waals surface area contributed by atoms with Crippen molar-refractivity contribution in [2.45, 2.75) is 68.8 Å². The Bertz CT molecular complexity index is 1370. The number of sulfone groups is 1. The van der Waals surface area contributed by atoms with Crippen LogP contribution in [0.1, 0.15) is 42.5 Å². The molecule has 0 saturated heterocycles. The van der Waals surface area contributed by atoms with Gasteiger partial charge in [-0.1, -0.05) is 30.5 Å². The van der Waals surface area contributed by atoms with Crippen LogP contribution in [-0.4, -0.2) is 29.9 Å². The van der Waals surface area contributed by atoms with Crippen molar-refractivity contribution in [1.82, 2.24) is 14.9 Å². The SMILES string of the molecule is Cc1ccc(S(=O)(=O)c2cn(CC(=O)NC3CCCC3)c3nc(C)ccc3c2=O)c(C)c1. The van der Waals surface area contributed by atoms with Crippen molar-refractivity contribution in [3.63, 3.8) is 0 Å². The summed E-state index contributed by atoms with van der Waals surface area (Å²) in [6.45, 7) is 5.26. The Hall–Kier alpha value is -3.00. The van der Waals surface area contributed by atoms with Gasteiger partial charge in [-0.2, -0.15) is 0 Å². The minimum atomic E-state index is -4.09. The predicted molar refractivity (Wildman–Crippen MR) is 123 cm³/mol. The van der Waals surface area contributed by atoms with Gasteiger partial charge in [-0.25, -0.2) is 13.4 Å². The van der Waals surface area contributed by atoms with E-state index in [9.17, 15) is 18.0 Å². The van der Waals surface area contributed by atoms with E-state index >= 15 is 0 Å². The first-order valence-corrected chi connectivity index (χ1v) is 12.3. The third-order valence-electron chi connectivity index (χ3n) is 5.97. The number of carbonyl (C=O) groups is 1. The van der Waals surface area contributed by atoms with Crippen LogP contribution in [0, 0.1) is 20.8 Å². The molecule has 3 aromatic rings. The van der Waals surface area contributed by atoms with Gasteiger partial charge in [0.1, 0.15) is 17.1 Å². The maximum atomic E-state index is 13.5. The molecule has 0 unspecified atom stereocenters. The van der Waals surface area contributed by atoms with Crippen LogP contribution in [0.2, 0.25) is 0 Å². The third kappa shape index (κ3) is 4.19. The van der Waals surface area contributed by atoms with Crippen LogP contribution in [-0.2, 0) is 21.2 Å². The summed E-state index contributed by atoms with van der Waals surface area (Å²) in [6, 6.07) is 8.38. The zero-order valence-electron chi connectivity index (χ0n) is 18.5. The van der Waals surface area contributed by atoms with Crippen molar-refractivity contribution < 1.29 is 13.2 Å². The third-order valence-corrected chi connectivity index (χ3v) is 7.88. The number of carbonyl (C=O) groups excluding carboxylic acids is 1. The molecule has 1 fully saturated rings. The molecule has 0 aliphatic heterocycles. The van der Waals surface area contributed by atoms with E-state index in [1.165, 1.54) is 16.8 Å². The van der Waals surface area contributed by atoms with E-state index in [0.717, 1.165) is 31.2 Å². The average Bonchev–Trinajstić information content (AvgIpc) is 3.22. The zero-order valence-corrected chi connectivity index (χ0v) is 19.3. The number of nitrogens with one attached hydrogen (secondary N) is 1. The normalized spacial score (nSPS) is 14.7. The standard InChI is InChI=1S/C24H27N3O4S/c1-15-8-11-20(16(2)12-15)32(30,31)21-13-27(14-22(28)26-18-6-4-5-7-18)24-19(23(21)29)10-9-17(3)25-24/h8-13,18H,4-7,14H2,1-3H3,(H,26,28). The fourth-order valence-electron chi connectivity index (χ4n) is 4.36. The Morgan fingerprint density at radius 3 is 2.50 bits per heavy atom. The number of fused-ring (bicyclic) bond motifs is 1. The van der Waals surface area contributed by atoms with E-state index < -0.39 is 15.3 Å². The van der Waals surface area contributed by atoms with Gasteiger partial charge >= 0.3 is 0 Å². The molecular formula is C24H27N3O4S. The molecule has 8 heteroatoms. The van der Waals surface area contributed by atoms with Crippen molar-refractivity contribution in [1.29, 1.82) is 0 Å². The van der Waals surface area contributed by atoms with Crippen molar-refractivity contribution in [3.8, 4) is 0 Å². The molecule has 0 spiro atoms. The first-order valence-electron chi connectivity index (χ1n) is 10.8. The van der Waals surface area contributed by atoms with E-state index in [1.54, 1.807) is 38.1 Å². The lowest BCUT2D eigenvalue weighted by Crippen LogP contribution is -2.35. The van der Waals surface area contributed by atoms with Crippen molar-refractivity contribution in [3.05, 3.63) is 63.6 Å². The van der Waals surface area contributed by atoms with Crippen LogP contribution in [0.3, 0.4) is 0 Å². The maximum Gasteiger partial charge on any atom is 0.240 e. The van der Waals surface area contributed by atoms with Crippen LogP contribution >= 0.6 is 0 Å². The molecule has 4 rings (SSSR count). The minimum absolute atomic E-state index is 0.0848. The summed E-state index contributed by atoms with van der Waals surface area (Å²) in [5.41, 5.74) is 1.86. The number of hydrogen-bond donors (Lipinski definition) is 1. The number of benzene rings is 1. The van der Waals surface area contributed by atoms with E-state index in [2.05, 4.69) is 10.3 Å². The van der Waals surface area contributed by atoms with Crippen molar-refractivity contribution >= 4 is 26.8 Å². The highest BCUT2D eigenvalue weighted by Gasteiger charge is 2.26. The van der Waals surface area contributed by atoms with E-state index in [1.807, 2.05) is 6.92 Å². The Morgan fingerprint density at radius 2 is 1.81 bits per heavy atom. The maximum absolute atomic E-state index is 13.5. The van der Waals surface area contributed by atoms with Gasteiger partial charge < -0.3 is 9.88 Å². The highest BCUT2D eigenvalue weighted by atomic mass is 32.2. The molecule has 2 heterocycles. The highest BCUT2D eigenvalue weighted by Crippen LogP contribution is 2.24. The molecule has 1 amide bonds. The minimum Gasteiger partial charge on any atom is -0.352 e. The summed E-state index contributed by atoms with van der Waals surface area (Å²) in [4.78, 5) is 30.1. The van der Waals surface area contributed by atoms with Crippen LogP contribution in [0.15, 0.2) is 51.1 Å². The first-order chi connectivity index (χ1) is 15.2. The quantitative estimate of drug-likeness (QED) is 0.640. The molecule has 168 valence electrons. The van der Waals surface area contributed by atoms with Crippen LogP contribution in [0.4, 0.5) is 0 Å². The summed E-state index contributed by atoms with van der Waals surface area (Å²) in [6.07, 6.45) is 5.33. The Labute approximate surface area is 187 Å². The van der Waals surface area contributed by atoms with Crippen LogP contribution in [0.5, 0.6) is 0 Å². The molecule has 2 aromatic heterocycles. The summed E-state index contributed by atoms with van der Waals surface area (Å²) >= 11 is 0. The number of hydrogen-bond acceptors (Lipinski definition) is 5. The molecule has 1 N–H and O–H groups in total. The van der Waals surface area contributed by atoms with E-state index in [4.69, 9.17) is 0 Å². The lowest BCUT2D eigenvalue weighted by atomic mass is 10.2. The van der Waals surface area contributed by atoms with E-state index in [-0.39, 0.29) is 33.7 Å². The molecule has 1 aromatic carbocycles. The van der Waals surface area contributed by atoms with Crippen molar-refractivity contribution in [2.75, 3.05) is 0 Å². The second-order valence-corrected chi connectivity index (χ2v) is 10.5. The topological polar surface area (TPSA) is 98.1 Å². The first kappa shape index (κ1) is 22.2. The number of rotatable bonds is 5. The number of pyridine rings is 2. The van der Waals surface area contributed by atoms with Gasteiger partial charge in [0.2, 0.25) is 21.2 Å². The summed E-state index contributed by atoms with van der Waals surface area (Å²) in [7, 11) is -4.09. The molecule has 0 atom stereocenters. The second-order valence-electron chi connectivity index (χ2n) is 8.60. The monoisotopic (exact) mass is 453 g/mol. The average molecular weight is 454 g/mol. The largest absolute Gasteiger partial charge is 0.352 e. The molecule has 1 saturated carbocycles. The molecule has 1 aliphatic rings. The van der Waals surface area contributed by atoms with Crippen LogP contribution < -0.4 is 10.7 Å². The highest BCUT2D eigenvalue weighted by molar-refractivity contribution is 7.91. The summed E-state index contributed by atoms with van der Waals surface area (Å²) in [5.74, 6) is -0.222. The number of aromatic nitrogens is 2. The zero-order chi connectivity index (χ0) is 23.0. The number of nitrogens with zero attached hydrogens (tertiary/aromatic N) is 2. The number of amides is 1. The van der Waals surface area contributed by atoms with Gasteiger partial charge in [0.15, 0.2) is 0 Å². The lowest BCUT2D eigenvalue weighted by molar-refractivity contribution is -0.122. The van der Waals surface area contributed by atoms with Gasteiger partial charge in [0.05, 0.1) is 10.3 Å². The molecule has 7 nitrogen and oxygen atoms in total. The molecule has 32 heavy (non-hydrogen) atoms. The Morgan fingerprint density at radius 1 is 1.09 bits per heavy atom. The summed E-state index contributed by atoms with van der Waals surface area (Å²) in [5, 5.41) is 3.19. The molecular weight excluding hydrogens is 426 g/mol. The van der Waals surface area contributed by atoms with Gasteiger partial charge in [-0.15, -0.1) is 0 Å². The molecule has 0 bridgehead atoms. The van der Waals surface area contributed by atoms with Gasteiger partial charge in [-0.05, 0) is 57.4 Å². The molecule has 0 radical (unpaired) electrons.